The van der Waals surface area contributed by atoms with Crippen LogP contribution in [0.5, 0.6) is 0 Å². The molecule has 0 saturated heterocycles. The van der Waals surface area contributed by atoms with Crippen LogP contribution in [0.2, 0.25) is 0 Å². The highest BCUT2D eigenvalue weighted by Crippen LogP contribution is 2.36. The van der Waals surface area contributed by atoms with Gasteiger partial charge in [-0.3, -0.25) is 4.79 Å². The standard InChI is InChI=1S/C10H12FN3O/c1-5-4-7(11)10-12-9(13-14(5)10)8(15)6-2-3-6/h5-7H,2-4H2,1H3/t5-,7+/m0/s1. The third-order valence-corrected chi connectivity index (χ3v) is 3.07. The first-order chi connectivity index (χ1) is 7.16. The number of fused-ring (bicyclic) bond motifs is 1. The molecule has 15 heavy (non-hydrogen) atoms. The Morgan fingerprint density at radius 2 is 2.27 bits per heavy atom. The van der Waals surface area contributed by atoms with Crippen molar-refractivity contribution >= 4 is 5.78 Å². The predicted molar refractivity (Wildman–Crippen MR) is 50.3 cm³/mol. The molecule has 5 heteroatoms. The molecule has 1 saturated carbocycles. The van der Waals surface area contributed by atoms with Gasteiger partial charge in [0.1, 0.15) is 0 Å². The van der Waals surface area contributed by atoms with Crippen molar-refractivity contribution in [2.45, 2.75) is 38.4 Å². The summed E-state index contributed by atoms with van der Waals surface area (Å²) in [4.78, 5) is 15.7. The number of aromatic nitrogens is 3. The van der Waals surface area contributed by atoms with E-state index >= 15 is 0 Å². The number of hydrogen-bond donors (Lipinski definition) is 0. The third-order valence-electron chi connectivity index (χ3n) is 3.07. The van der Waals surface area contributed by atoms with E-state index in [1.807, 2.05) is 6.92 Å². The summed E-state index contributed by atoms with van der Waals surface area (Å²) in [6, 6.07) is 0.0169. The van der Waals surface area contributed by atoms with Crippen molar-refractivity contribution in [1.29, 1.82) is 0 Å². The van der Waals surface area contributed by atoms with Crippen LogP contribution in [0, 0.1) is 5.92 Å². The molecule has 1 aliphatic carbocycles. The predicted octanol–water partition coefficient (Wildman–Crippen LogP) is 1.85. The molecule has 1 fully saturated rings. The van der Waals surface area contributed by atoms with Crippen LogP contribution in [0.1, 0.15) is 54.8 Å². The zero-order chi connectivity index (χ0) is 10.6. The van der Waals surface area contributed by atoms with Crippen molar-refractivity contribution in [3.63, 3.8) is 0 Å². The van der Waals surface area contributed by atoms with Gasteiger partial charge in [-0.25, -0.2) is 14.1 Å². The molecule has 0 aromatic carbocycles. The topological polar surface area (TPSA) is 47.8 Å². The lowest BCUT2D eigenvalue weighted by atomic mass is 10.2. The normalized spacial score (nSPS) is 29.2. The van der Waals surface area contributed by atoms with Gasteiger partial charge in [-0.1, -0.05) is 0 Å². The van der Waals surface area contributed by atoms with Crippen LogP contribution >= 0.6 is 0 Å². The summed E-state index contributed by atoms with van der Waals surface area (Å²) in [5, 5.41) is 4.10. The van der Waals surface area contributed by atoms with Gasteiger partial charge in [0.25, 0.3) is 0 Å². The minimum atomic E-state index is -1.06. The Kier molecular flexibility index (Phi) is 1.72. The molecule has 2 atom stereocenters. The van der Waals surface area contributed by atoms with Gasteiger partial charge in [-0.15, -0.1) is 5.10 Å². The molecule has 0 N–H and O–H groups in total. The summed E-state index contributed by atoms with van der Waals surface area (Å²) in [5.74, 6) is 0.617. The van der Waals surface area contributed by atoms with Crippen molar-refractivity contribution in [3.05, 3.63) is 11.6 Å². The molecule has 1 aromatic rings. The number of alkyl halides is 1. The van der Waals surface area contributed by atoms with Gasteiger partial charge in [-0.2, -0.15) is 0 Å². The molecular weight excluding hydrogens is 197 g/mol. The summed E-state index contributed by atoms with van der Waals surface area (Å²) >= 11 is 0. The Morgan fingerprint density at radius 1 is 1.53 bits per heavy atom. The lowest BCUT2D eigenvalue weighted by molar-refractivity contribution is 0.0956. The van der Waals surface area contributed by atoms with E-state index in [1.165, 1.54) is 0 Å². The molecule has 3 rings (SSSR count). The fourth-order valence-corrected chi connectivity index (χ4v) is 2.01. The SMILES string of the molecule is C[C@H]1C[C@@H](F)c2nc(C(=O)C3CC3)nn21. The molecule has 1 aliphatic heterocycles. The molecule has 1 aromatic heterocycles. The number of rotatable bonds is 2. The van der Waals surface area contributed by atoms with Gasteiger partial charge in [0.15, 0.2) is 12.0 Å². The number of Topliss-reactive ketones (excluding diaryl/α,β-unsaturated/α-hetero) is 1. The van der Waals surface area contributed by atoms with Crippen molar-refractivity contribution in [2.24, 2.45) is 5.92 Å². The number of hydrogen-bond acceptors (Lipinski definition) is 3. The van der Waals surface area contributed by atoms with E-state index in [-0.39, 0.29) is 23.6 Å². The monoisotopic (exact) mass is 209 g/mol. The van der Waals surface area contributed by atoms with Crippen LogP contribution in [-0.2, 0) is 0 Å². The number of ketones is 1. The number of halogens is 1. The van der Waals surface area contributed by atoms with E-state index in [4.69, 9.17) is 0 Å². The van der Waals surface area contributed by atoms with E-state index in [9.17, 15) is 9.18 Å². The maximum atomic E-state index is 13.4. The van der Waals surface area contributed by atoms with Crippen molar-refractivity contribution < 1.29 is 9.18 Å². The van der Waals surface area contributed by atoms with E-state index < -0.39 is 6.17 Å². The first kappa shape index (κ1) is 9.00. The van der Waals surface area contributed by atoms with Crippen LogP contribution in [0.3, 0.4) is 0 Å². The molecule has 0 spiro atoms. The number of nitrogens with zero attached hydrogens (tertiary/aromatic N) is 3. The minimum Gasteiger partial charge on any atom is -0.290 e. The highest BCUT2D eigenvalue weighted by atomic mass is 19.1. The lowest BCUT2D eigenvalue weighted by Crippen LogP contribution is -2.07. The second-order valence-corrected chi connectivity index (χ2v) is 4.43. The van der Waals surface area contributed by atoms with Gasteiger partial charge in [-0.05, 0) is 19.8 Å². The summed E-state index contributed by atoms with van der Waals surface area (Å²) in [6.45, 7) is 1.89. The molecule has 80 valence electrons. The third kappa shape index (κ3) is 1.29. The zero-order valence-corrected chi connectivity index (χ0v) is 8.48. The molecule has 2 heterocycles. The smallest absolute Gasteiger partial charge is 0.217 e. The van der Waals surface area contributed by atoms with Crippen LogP contribution in [-0.4, -0.2) is 20.5 Å². The zero-order valence-electron chi connectivity index (χ0n) is 8.48. The average molecular weight is 209 g/mol. The van der Waals surface area contributed by atoms with Crippen molar-refractivity contribution in [2.75, 3.05) is 0 Å². The van der Waals surface area contributed by atoms with Crippen LogP contribution < -0.4 is 0 Å². The second kappa shape index (κ2) is 2.87. The van der Waals surface area contributed by atoms with Gasteiger partial charge in [0.2, 0.25) is 11.6 Å². The molecule has 0 bridgehead atoms. The van der Waals surface area contributed by atoms with Crippen LogP contribution in [0.25, 0.3) is 0 Å². The largest absolute Gasteiger partial charge is 0.290 e. The summed E-state index contributed by atoms with van der Waals surface area (Å²) in [5.41, 5.74) is 0. The minimum absolute atomic E-state index is 0.0169. The van der Waals surface area contributed by atoms with Crippen LogP contribution in [0.4, 0.5) is 4.39 Å². The molecule has 4 nitrogen and oxygen atoms in total. The summed E-state index contributed by atoms with van der Waals surface area (Å²) < 4.78 is 15.0. The molecule has 2 aliphatic rings. The average Bonchev–Trinajstić information content (AvgIpc) is 2.88. The maximum Gasteiger partial charge on any atom is 0.217 e. The van der Waals surface area contributed by atoms with Gasteiger partial charge < -0.3 is 0 Å². The second-order valence-electron chi connectivity index (χ2n) is 4.43. The van der Waals surface area contributed by atoms with E-state index in [2.05, 4.69) is 10.1 Å². The first-order valence-electron chi connectivity index (χ1n) is 5.31. The van der Waals surface area contributed by atoms with Gasteiger partial charge in [0, 0.05) is 12.3 Å². The Hall–Kier alpha value is -1.26. The fraction of sp³-hybridized carbons (Fsp3) is 0.700. The molecule has 0 radical (unpaired) electrons. The summed E-state index contributed by atoms with van der Waals surface area (Å²) in [7, 11) is 0. The van der Waals surface area contributed by atoms with Crippen molar-refractivity contribution in [3.8, 4) is 0 Å². The maximum absolute atomic E-state index is 13.4. The number of carbonyl (C=O) groups is 1. The highest BCUT2D eigenvalue weighted by Gasteiger charge is 2.37. The summed E-state index contributed by atoms with van der Waals surface area (Å²) in [6.07, 6.45) is 1.22. The Morgan fingerprint density at radius 3 is 2.87 bits per heavy atom. The Bertz CT molecular complexity index is 399. The van der Waals surface area contributed by atoms with E-state index in [0.717, 1.165) is 12.8 Å². The Balaban J connectivity index is 1.96. The Labute approximate surface area is 86.5 Å². The van der Waals surface area contributed by atoms with E-state index in [1.54, 1.807) is 4.68 Å². The van der Waals surface area contributed by atoms with Gasteiger partial charge in [0.05, 0.1) is 6.04 Å². The molecule has 0 amide bonds. The number of carbonyl (C=O) groups excluding carboxylic acids is 1. The fourth-order valence-electron chi connectivity index (χ4n) is 2.01. The quantitative estimate of drug-likeness (QED) is 0.698. The lowest BCUT2D eigenvalue weighted by Gasteiger charge is -2.01. The van der Waals surface area contributed by atoms with Crippen molar-refractivity contribution in [1.82, 2.24) is 14.8 Å². The highest BCUT2D eigenvalue weighted by molar-refractivity contribution is 5.95. The van der Waals surface area contributed by atoms with Crippen LogP contribution in [0.15, 0.2) is 0 Å². The van der Waals surface area contributed by atoms with E-state index in [0.29, 0.717) is 12.2 Å². The first-order valence-corrected chi connectivity index (χ1v) is 5.31. The molecule has 0 unspecified atom stereocenters. The van der Waals surface area contributed by atoms with Gasteiger partial charge >= 0.3 is 0 Å². The molecular formula is C10H12FN3O.